The van der Waals surface area contributed by atoms with E-state index < -0.39 is 10.1 Å². The van der Waals surface area contributed by atoms with E-state index in [4.69, 9.17) is 18.9 Å². The summed E-state index contributed by atoms with van der Waals surface area (Å²) in [6.45, 7) is 4.70. The molecular formula is C18H28O8S. The molecule has 0 N–H and O–H groups in total. The fraction of sp³-hybridized carbons (Fsp3) is 0.611. The third-order valence-corrected chi connectivity index (χ3v) is 3.84. The Hall–Kier alpha value is -1.36. The number of rotatable bonds is 16. The average Bonchev–Trinajstić information content (AvgIpc) is 2.61. The molecule has 0 heterocycles. The van der Waals surface area contributed by atoms with Gasteiger partial charge in [-0.05, 0) is 18.6 Å². The van der Waals surface area contributed by atoms with E-state index in [9.17, 15) is 13.2 Å². The quantitative estimate of drug-likeness (QED) is 0.232. The van der Waals surface area contributed by atoms with Gasteiger partial charge in [0.05, 0.1) is 65.7 Å². The Bertz CT molecular complexity index is 645. The van der Waals surface area contributed by atoms with Crippen molar-refractivity contribution >= 4 is 15.9 Å². The highest BCUT2D eigenvalue weighted by atomic mass is 32.2. The van der Waals surface area contributed by atoms with E-state index in [2.05, 4.69) is 4.18 Å². The summed E-state index contributed by atoms with van der Waals surface area (Å²) in [6.07, 6.45) is 0.993. The molecule has 27 heavy (non-hydrogen) atoms. The van der Waals surface area contributed by atoms with Crippen molar-refractivity contribution in [1.29, 1.82) is 0 Å². The molecule has 0 unspecified atom stereocenters. The third kappa shape index (κ3) is 13.5. The Morgan fingerprint density at radius 2 is 1.37 bits per heavy atom. The highest BCUT2D eigenvalue weighted by Crippen LogP contribution is 2.07. The van der Waals surface area contributed by atoms with Crippen LogP contribution in [0.1, 0.15) is 22.8 Å². The molecule has 0 aliphatic carbocycles. The minimum absolute atomic E-state index is 0.000983. The van der Waals surface area contributed by atoms with E-state index in [0.29, 0.717) is 51.8 Å². The van der Waals surface area contributed by atoms with Gasteiger partial charge in [-0.3, -0.25) is 8.98 Å². The third-order valence-electron chi connectivity index (χ3n) is 3.24. The Morgan fingerprint density at radius 1 is 0.852 bits per heavy atom. The zero-order valence-corrected chi connectivity index (χ0v) is 16.7. The van der Waals surface area contributed by atoms with Gasteiger partial charge in [0.25, 0.3) is 10.1 Å². The normalized spacial score (nSPS) is 11.6. The molecule has 1 aromatic carbocycles. The number of hydrogen-bond donors (Lipinski definition) is 0. The summed E-state index contributed by atoms with van der Waals surface area (Å²) in [4.78, 5) is 11.3. The molecule has 1 aromatic rings. The van der Waals surface area contributed by atoms with Crippen LogP contribution in [0.2, 0.25) is 0 Å². The summed E-state index contributed by atoms with van der Waals surface area (Å²) in [5.74, 6) is 0.0350. The van der Waals surface area contributed by atoms with Crippen molar-refractivity contribution in [2.75, 3.05) is 59.1 Å². The fourth-order valence-electron chi connectivity index (χ4n) is 1.97. The zero-order valence-electron chi connectivity index (χ0n) is 15.8. The van der Waals surface area contributed by atoms with Crippen LogP contribution in [0.4, 0.5) is 0 Å². The number of ketones is 1. The molecule has 8 nitrogen and oxygen atoms in total. The van der Waals surface area contributed by atoms with E-state index in [1.807, 2.05) is 18.2 Å². The average molecular weight is 404 g/mol. The van der Waals surface area contributed by atoms with Crippen LogP contribution in [0.3, 0.4) is 0 Å². The summed E-state index contributed by atoms with van der Waals surface area (Å²) in [5.41, 5.74) is 1.63. The second kappa shape index (κ2) is 13.8. The van der Waals surface area contributed by atoms with Gasteiger partial charge in [0, 0.05) is 5.56 Å². The largest absolute Gasteiger partial charge is 0.377 e. The maximum Gasteiger partial charge on any atom is 0.264 e. The Morgan fingerprint density at radius 3 is 1.89 bits per heavy atom. The van der Waals surface area contributed by atoms with E-state index in [-0.39, 0.29) is 19.0 Å². The van der Waals surface area contributed by atoms with Gasteiger partial charge in [0.2, 0.25) is 0 Å². The van der Waals surface area contributed by atoms with Crippen LogP contribution < -0.4 is 0 Å². The first-order valence-electron chi connectivity index (χ1n) is 8.64. The van der Waals surface area contributed by atoms with E-state index in [1.54, 1.807) is 6.07 Å². The predicted octanol–water partition coefficient (Wildman–Crippen LogP) is 1.43. The Labute approximate surface area is 160 Å². The first-order chi connectivity index (χ1) is 12.9. The molecule has 154 valence electrons. The highest BCUT2D eigenvalue weighted by Gasteiger charge is 2.01. The van der Waals surface area contributed by atoms with Crippen molar-refractivity contribution in [1.82, 2.24) is 0 Å². The summed E-state index contributed by atoms with van der Waals surface area (Å²) in [5, 5.41) is 0. The van der Waals surface area contributed by atoms with E-state index in [1.165, 1.54) is 6.92 Å². The van der Waals surface area contributed by atoms with Crippen molar-refractivity contribution in [3.8, 4) is 0 Å². The molecule has 0 atom stereocenters. The van der Waals surface area contributed by atoms with Crippen LogP contribution in [0, 0.1) is 0 Å². The lowest BCUT2D eigenvalue weighted by molar-refractivity contribution is -0.00640. The molecule has 0 bridgehead atoms. The van der Waals surface area contributed by atoms with Crippen LogP contribution in [0.25, 0.3) is 0 Å². The molecule has 0 saturated carbocycles. The molecule has 0 radical (unpaired) electrons. The van der Waals surface area contributed by atoms with Crippen molar-refractivity contribution in [3.05, 3.63) is 35.4 Å². The van der Waals surface area contributed by atoms with E-state index in [0.717, 1.165) is 11.8 Å². The maximum absolute atomic E-state index is 11.3. The van der Waals surface area contributed by atoms with Crippen LogP contribution >= 0.6 is 0 Å². The number of benzene rings is 1. The molecular weight excluding hydrogens is 376 g/mol. The van der Waals surface area contributed by atoms with Gasteiger partial charge < -0.3 is 18.9 Å². The summed E-state index contributed by atoms with van der Waals surface area (Å²) < 4.78 is 47.3. The summed E-state index contributed by atoms with van der Waals surface area (Å²) in [7, 11) is -3.41. The van der Waals surface area contributed by atoms with Crippen LogP contribution in [0.5, 0.6) is 0 Å². The number of carbonyl (C=O) groups excluding carboxylic acids is 1. The molecule has 0 fully saturated rings. The van der Waals surface area contributed by atoms with Gasteiger partial charge in [-0.15, -0.1) is 0 Å². The summed E-state index contributed by atoms with van der Waals surface area (Å²) in [6, 6.07) is 7.36. The standard InChI is InChI=1S/C18H28O8S/c1-16(19)18-5-3-4-17(14-18)15-25-11-10-23-7-6-22-8-9-24-12-13-26-27(2,20)21/h3-5,14H,6-13,15H2,1-2H3. The van der Waals surface area contributed by atoms with Gasteiger partial charge in [-0.2, -0.15) is 8.42 Å². The fourth-order valence-corrected chi connectivity index (χ4v) is 2.34. The van der Waals surface area contributed by atoms with E-state index >= 15 is 0 Å². The van der Waals surface area contributed by atoms with Gasteiger partial charge >= 0.3 is 0 Å². The van der Waals surface area contributed by atoms with Crippen LogP contribution in [-0.4, -0.2) is 73.3 Å². The second-order valence-corrected chi connectivity index (χ2v) is 7.32. The molecule has 9 heteroatoms. The van der Waals surface area contributed by atoms with Gasteiger partial charge in [-0.1, -0.05) is 18.2 Å². The van der Waals surface area contributed by atoms with Crippen molar-refractivity contribution in [2.45, 2.75) is 13.5 Å². The molecule has 0 aliphatic rings. The minimum Gasteiger partial charge on any atom is -0.377 e. The second-order valence-electron chi connectivity index (χ2n) is 5.67. The zero-order chi connectivity index (χ0) is 20.0. The van der Waals surface area contributed by atoms with Gasteiger partial charge in [0.1, 0.15) is 0 Å². The van der Waals surface area contributed by atoms with Gasteiger partial charge in [0.15, 0.2) is 5.78 Å². The number of ether oxygens (including phenoxy) is 4. The first-order valence-corrected chi connectivity index (χ1v) is 10.5. The van der Waals surface area contributed by atoms with Crippen LogP contribution in [-0.2, 0) is 39.9 Å². The SMILES string of the molecule is CC(=O)c1cccc(COCCOCCOCCOCCOS(C)(=O)=O)c1. The first kappa shape index (κ1) is 23.7. The molecule has 0 aliphatic heterocycles. The van der Waals surface area contributed by atoms with Crippen LogP contribution in [0.15, 0.2) is 24.3 Å². The number of carbonyl (C=O) groups is 1. The lowest BCUT2D eigenvalue weighted by Crippen LogP contribution is -2.14. The maximum atomic E-state index is 11.3. The lowest BCUT2D eigenvalue weighted by Gasteiger charge is -2.08. The molecule has 1 rings (SSSR count). The lowest BCUT2D eigenvalue weighted by atomic mass is 10.1. The predicted molar refractivity (Wildman–Crippen MR) is 99.4 cm³/mol. The van der Waals surface area contributed by atoms with Gasteiger partial charge in [-0.25, -0.2) is 0 Å². The molecule has 0 aromatic heterocycles. The number of hydrogen-bond acceptors (Lipinski definition) is 8. The monoisotopic (exact) mass is 404 g/mol. The molecule has 0 saturated heterocycles. The topological polar surface area (TPSA) is 97.4 Å². The van der Waals surface area contributed by atoms with Crippen molar-refractivity contribution in [2.24, 2.45) is 0 Å². The Kier molecular flexibility index (Phi) is 12.1. The van der Waals surface area contributed by atoms with Crippen molar-refractivity contribution in [3.63, 3.8) is 0 Å². The number of Topliss-reactive ketones (excluding diaryl/α,β-unsaturated/α-hetero) is 1. The molecule has 0 amide bonds. The Balaban J connectivity index is 1.88. The van der Waals surface area contributed by atoms with Crippen molar-refractivity contribution < 1.29 is 36.3 Å². The summed E-state index contributed by atoms with van der Waals surface area (Å²) >= 11 is 0. The highest BCUT2D eigenvalue weighted by molar-refractivity contribution is 7.85. The smallest absolute Gasteiger partial charge is 0.264 e. The molecule has 0 spiro atoms. The minimum atomic E-state index is -3.41.